The van der Waals surface area contributed by atoms with Crippen molar-refractivity contribution < 1.29 is 19.1 Å². The number of carbonyl (C=O) groups excluding carboxylic acids is 2. The number of rotatable bonds is 6. The second-order valence-corrected chi connectivity index (χ2v) is 7.61. The smallest absolute Gasteiger partial charge is 0.231 e. The van der Waals surface area contributed by atoms with E-state index in [0.717, 1.165) is 18.0 Å². The van der Waals surface area contributed by atoms with Crippen LogP contribution >= 0.6 is 0 Å². The van der Waals surface area contributed by atoms with Crippen LogP contribution in [0.3, 0.4) is 0 Å². The Labute approximate surface area is 153 Å². The summed E-state index contributed by atoms with van der Waals surface area (Å²) in [6.07, 6.45) is 7.25. The Morgan fingerprint density at radius 1 is 1.15 bits per heavy atom. The highest BCUT2D eigenvalue weighted by molar-refractivity contribution is 5.96. The number of anilines is 1. The van der Waals surface area contributed by atoms with Crippen LogP contribution in [0.4, 0.5) is 5.69 Å². The van der Waals surface area contributed by atoms with Gasteiger partial charge in [-0.25, -0.2) is 0 Å². The maximum Gasteiger partial charge on any atom is 0.231 e. The first kappa shape index (κ1) is 17.2. The molecule has 1 N–H and O–H groups in total. The first-order valence-corrected chi connectivity index (χ1v) is 9.66. The van der Waals surface area contributed by atoms with Crippen LogP contribution in [0.5, 0.6) is 11.5 Å². The fourth-order valence-corrected chi connectivity index (χ4v) is 4.20. The van der Waals surface area contributed by atoms with E-state index in [9.17, 15) is 9.59 Å². The van der Waals surface area contributed by atoms with Gasteiger partial charge in [0.1, 0.15) is 0 Å². The van der Waals surface area contributed by atoms with Crippen LogP contribution in [0.25, 0.3) is 0 Å². The van der Waals surface area contributed by atoms with Crippen molar-refractivity contribution in [2.75, 3.05) is 24.8 Å². The molecule has 6 nitrogen and oxygen atoms in total. The molecule has 140 valence electrons. The average Bonchev–Trinajstić information content (AvgIpc) is 3.38. The summed E-state index contributed by atoms with van der Waals surface area (Å²) in [5.74, 6) is 2.49. The number of nitrogens with zero attached hydrogens (tertiary/aromatic N) is 1. The quantitative estimate of drug-likeness (QED) is 0.849. The van der Waals surface area contributed by atoms with Gasteiger partial charge in [-0.15, -0.1) is 0 Å². The minimum Gasteiger partial charge on any atom is -0.454 e. The number of fused-ring (bicyclic) bond motifs is 1. The SMILES string of the molecule is O=C(CCC1CCCC1)NC[C@H]1CC(=O)N(c2ccc3c(c2)OCO3)C1. The molecular formula is C20H26N2O4. The standard InChI is InChI=1S/C20H26N2O4/c23-19(8-5-14-3-1-2-4-14)21-11-15-9-20(24)22(12-15)16-6-7-17-18(10-16)26-13-25-17/h6-7,10,14-15H,1-5,8-9,11-13H2,(H,21,23)/t15-/m1/s1. The van der Waals surface area contributed by atoms with Crippen LogP contribution in [-0.4, -0.2) is 31.7 Å². The highest BCUT2D eigenvalue weighted by Gasteiger charge is 2.31. The molecular weight excluding hydrogens is 332 g/mol. The normalized spacial score (nSPS) is 22.2. The van der Waals surface area contributed by atoms with E-state index in [1.54, 1.807) is 4.90 Å². The fraction of sp³-hybridized carbons (Fsp3) is 0.600. The fourth-order valence-electron chi connectivity index (χ4n) is 4.20. The maximum atomic E-state index is 12.4. The van der Waals surface area contributed by atoms with Gasteiger partial charge >= 0.3 is 0 Å². The summed E-state index contributed by atoms with van der Waals surface area (Å²) < 4.78 is 10.7. The molecule has 0 bridgehead atoms. The number of hydrogen-bond acceptors (Lipinski definition) is 4. The highest BCUT2D eigenvalue weighted by Crippen LogP contribution is 2.37. The van der Waals surface area contributed by atoms with Gasteiger partial charge in [-0.2, -0.15) is 0 Å². The van der Waals surface area contributed by atoms with Gasteiger partial charge in [0.25, 0.3) is 0 Å². The molecule has 0 aromatic heterocycles. The molecule has 2 heterocycles. The Balaban J connectivity index is 1.25. The number of benzene rings is 1. The Hall–Kier alpha value is -2.24. The number of amides is 2. The Morgan fingerprint density at radius 2 is 1.96 bits per heavy atom. The molecule has 0 unspecified atom stereocenters. The zero-order valence-corrected chi connectivity index (χ0v) is 15.0. The van der Waals surface area contributed by atoms with Gasteiger partial charge in [0.15, 0.2) is 11.5 Å². The molecule has 1 saturated heterocycles. The third-order valence-corrected chi connectivity index (χ3v) is 5.72. The van der Waals surface area contributed by atoms with Crippen molar-refractivity contribution in [1.82, 2.24) is 5.32 Å². The van der Waals surface area contributed by atoms with Crippen molar-refractivity contribution in [3.8, 4) is 11.5 Å². The predicted octanol–water partition coefficient (Wildman–Crippen LogP) is 2.85. The minimum atomic E-state index is 0.0917. The van der Waals surface area contributed by atoms with E-state index < -0.39 is 0 Å². The molecule has 26 heavy (non-hydrogen) atoms. The van der Waals surface area contributed by atoms with Crippen LogP contribution in [0, 0.1) is 11.8 Å². The minimum absolute atomic E-state index is 0.0917. The lowest BCUT2D eigenvalue weighted by Crippen LogP contribution is -2.31. The molecule has 1 atom stereocenters. The maximum absolute atomic E-state index is 12.4. The van der Waals surface area contributed by atoms with Gasteiger partial charge in [0.05, 0.1) is 0 Å². The molecule has 1 saturated carbocycles. The van der Waals surface area contributed by atoms with Crippen molar-refractivity contribution in [3.05, 3.63) is 18.2 Å². The molecule has 0 radical (unpaired) electrons. The first-order valence-electron chi connectivity index (χ1n) is 9.66. The molecule has 4 rings (SSSR count). The predicted molar refractivity (Wildman–Crippen MR) is 97.2 cm³/mol. The number of ether oxygens (including phenoxy) is 2. The molecule has 2 amide bonds. The number of hydrogen-bond donors (Lipinski definition) is 1. The van der Waals surface area contributed by atoms with E-state index in [1.165, 1.54) is 25.7 Å². The third kappa shape index (κ3) is 3.79. The number of carbonyl (C=O) groups is 2. The molecule has 2 aliphatic heterocycles. The van der Waals surface area contributed by atoms with Gasteiger partial charge in [0.2, 0.25) is 18.6 Å². The van der Waals surface area contributed by atoms with Crippen molar-refractivity contribution in [2.24, 2.45) is 11.8 Å². The topological polar surface area (TPSA) is 67.9 Å². The van der Waals surface area contributed by atoms with E-state index in [-0.39, 0.29) is 24.5 Å². The second-order valence-electron chi connectivity index (χ2n) is 7.61. The van der Waals surface area contributed by atoms with Crippen molar-refractivity contribution in [2.45, 2.75) is 44.9 Å². The summed E-state index contributed by atoms with van der Waals surface area (Å²) in [4.78, 5) is 26.2. The molecule has 0 spiro atoms. The summed E-state index contributed by atoms with van der Waals surface area (Å²) >= 11 is 0. The Kier molecular flexibility index (Phi) is 5.00. The Morgan fingerprint density at radius 3 is 2.81 bits per heavy atom. The van der Waals surface area contributed by atoms with Gasteiger partial charge in [-0.3, -0.25) is 9.59 Å². The summed E-state index contributed by atoms with van der Waals surface area (Å²) in [5.41, 5.74) is 0.828. The van der Waals surface area contributed by atoms with Gasteiger partial charge in [-0.05, 0) is 24.5 Å². The van der Waals surface area contributed by atoms with Crippen LogP contribution in [0.1, 0.15) is 44.9 Å². The first-order chi connectivity index (χ1) is 12.7. The molecule has 1 aromatic rings. The molecule has 3 aliphatic rings. The molecule has 6 heteroatoms. The van der Waals surface area contributed by atoms with E-state index in [1.807, 2.05) is 18.2 Å². The van der Waals surface area contributed by atoms with Crippen molar-refractivity contribution >= 4 is 17.5 Å². The lowest BCUT2D eigenvalue weighted by atomic mass is 10.0. The molecule has 1 aliphatic carbocycles. The van der Waals surface area contributed by atoms with Crippen LogP contribution in [0.2, 0.25) is 0 Å². The lowest BCUT2D eigenvalue weighted by Gasteiger charge is -2.17. The molecule has 2 fully saturated rings. The second kappa shape index (κ2) is 7.56. The van der Waals surface area contributed by atoms with Crippen molar-refractivity contribution in [1.29, 1.82) is 0 Å². The van der Waals surface area contributed by atoms with Gasteiger partial charge < -0.3 is 19.7 Å². The largest absolute Gasteiger partial charge is 0.454 e. The van der Waals surface area contributed by atoms with Crippen LogP contribution < -0.4 is 19.7 Å². The summed E-state index contributed by atoms with van der Waals surface area (Å²) in [5, 5.41) is 3.02. The third-order valence-electron chi connectivity index (χ3n) is 5.72. The van der Waals surface area contributed by atoms with Crippen molar-refractivity contribution in [3.63, 3.8) is 0 Å². The summed E-state index contributed by atoms with van der Waals surface area (Å²) in [6.45, 7) is 1.42. The van der Waals surface area contributed by atoms with E-state index in [0.29, 0.717) is 37.4 Å². The number of nitrogens with one attached hydrogen (secondary N) is 1. The summed E-state index contributed by atoms with van der Waals surface area (Å²) in [6, 6.07) is 5.57. The average molecular weight is 358 g/mol. The van der Waals surface area contributed by atoms with Gasteiger partial charge in [0, 0.05) is 43.6 Å². The zero-order valence-electron chi connectivity index (χ0n) is 15.0. The molecule has 1 aromatic carbocycles. The van der Waals surface area contributed by atoms with Gasteiger partial charge in [-0.1, -0.05) is 25.7 Å². The van der Waals surface area contributed by atoms with E-state index >= 15 is 0 Å². The van der Waals surface area contributed by atoms with Crippen LogP contribution in [-0.2, 0) is 9.59 Å². The van der Waals surface area contributed by atoms with Crippen LogP contribution in [0.15, 0.2) is 18.2 Å². The van der Waals surface area contributed by atoms with E-state index in [4.69, 9.17) is 9.47 Å². The van der Waals surface area contributed by atoms with E-state index in [2.05, 4.69) is 5.32 Å². The zero-order chi connectivity index (χ0) is 17.9. The Bertz CT molecular complexity index is 684. The lowest BCUT2D eigenvalue weighted by molar-refractivity contribution is -0.122. The summed E-state index contributed by atoms with van der Waals surface area (Å²) in [7, 11) is 0. The highest BCUT2D eigenvalue weighted by atomic mass is 16.7. The monoisotopic (exact) mass is 358 g/mol.